The molecule has 0 aromatic heterocycles. The first-order chi connectivity index (χ1) is 6.44. The van der Waals surface area contributed by atoms with Gasteiger partial charge in [0, 0.05) is 24.5 Å². The zero-order chi connectivity index (χ0) is 10.4. The average Bonchev–Trinajstić information content (AvgIpc) is 2.24. The average molecular weight is 197 g/mol. The van der Waals surface area contributed by atoms with E-state index in [4.69, 9.17) is 4.74 Å². The lowest BCUT2D eigenvalue weighted by atomic mass is 9.69. The van der Waals surface area contributed by atoms with Gasteiger partial charge in [-0.05, 0) is 33.6 Å². The molecule has 80 valence electrons. The lowest BCUT2D eigenvalue weighted by Gasteiger charge is -2.44. The Balaban J connectivity index is 2.19. The molecule has 2 aliphatic rings. The SMILES string of the molecule is CC1NC(=O)CC12CCOC(C)(C)C2. The van der Waals surface area contributed by atoms with Crippen molar-refractivity contribution in [1.29, 1.82) is 0 Å². The van der Waals surface area contributed by atoms with Gasteiger partial charge < -0.3 is 10.1 Å². The van der Waals surface area contributed by atoms with E-state index in [2.05, 4.69) is 26.1 Å². The van der Waals surface area contributed by atoms with Crippen LogP contribution in [0.5, 0.6) is 0 Å². The maximum absolute atomic E-state index is 11.4. The Bertz CT molecular complexity index is 262. The summed E-state index contributed by atoms with van der Waals surface area (Å²) in [6.45, 7) is 7.13. The first-order valence-corrected chi connectivity index (χ1v) is 5.37. The van der Waals surface area contributed by atoms with Gasteiger partial charge in [0.1, 0.15) is 0 Å². The molecule has 2 heterocycles. The third-order valence-electron chi connectivity index (χ3n) is 3.68. The van der Waals surface area contributed by atoms with Crippen LogP contribution < -0.4 is 5.32 Å². The lowest BCUT2D eigenvalue weighted by molar-refractivity contribution is -0.123. The maximum Gasteiger partial charge on any atom is 0.220 e. The molecule has 0 saturated carbocycles. The molecule has 0 aromatic rings. The van der Waals surface area contributed by atoms with E-state index in [1.807, 2.05) is 0 Å². The Morgan fingerprint density at radius 2 is 2.21 bits per heavy atom. The van der Waals surface area contributed by atoms with Crippen LogP contribution in [0.1, 0.15) is 40.0 Å². The van der Waals surface area contributed by atoms with E-state index in [9.17, 15) is 4.79 Å². The van der Waals surface area contributed by atoms with Gasteiger partial charge in [-0.1, -0.05) is 0 Å². The molecule has 2 atom stereocenters. The van der Waals surface area contributed by atoms with Crippen molar-refractivity contribution in [1.82, 2.24) is 5.32 Å². The van der Waals surface area contributed by atoms with Crippen molar-refractivity contribution < 1.29 is 9.53 Å². The zero-order valence-corrected chi connectivity index (χ0v) is 9.22. The van der Waals surface area contributed by atoms with E-state index >= 15 is 0 Å². The summed E-state index contributed by atoms with van der Waals surface area (Å²) in [6, 6.07) is 0.304. The van der Waals surface area contributed by atoms with E-state index in [-0.39, 0.29) is 16.9 Å². The number of hydrogen-bond donors (Lipinski definition) is 1. The molecule has 2 saturated heterocycles. The molecule has 1 spiro atoms. The quantitative estimate of drug-likeness (QED) is 0.638. The Morgan fingerprint density at radius 3 is 2.71 bits per heavy atom. The third-order valence-corrected chi connectivity index (χ3v) is 3.68. The van der Waals surface area contributed by atoms with Gasteiger partial charge in [-0.3, -0.25) is 4.79 Å². The van der Waals surface area contributed by atoms with Crippen molar-refractivity contribution in [3.63, 3.8) is 0 Å². The summed E-state index contributed by atoms with van der Waals surface area (Å²) in [4.78, 5) is 11.4. The van der Waals surface area contributed by atoms with Crippen LogP contribution in [0.3, 0.4) is 0 Å². The molecule has 2 rings (SSSR count). The molecule has 3 heteroatoms. The first-order valence-electron chi connectivity index (χ1n) is 5.37. The number of amides is 1. The van der Waals surface area contributed by atoms with Crippen LogP contribution in [0.15, 0.2) is 0 Å². The van der Waals surface area contributed by atoms with E-state index in [1.54, 1.807) is 0 Å². The second kappa shape index (κ2) is 2.96. The Hall–Kier alpha value is -0.570. The Kier molecular flexibility index (Phi) is 2.11. The second-order valence-electron chi connectivity index (χ2n) is 5.36. The van der Waals surface area contributed by atoms with Gasteiger partial charge in [0.05, 0.1) is 5.60 Å². The Labute approximate surface area is 85.2 Å². The summed E-state index contributed by atoms with van der Waals surface area (Å²) in [5, 5.41) is 3.02. The summed E-state index contributed by atoms with van der Waals surface area (Å²) in [5.74, 6) is 0.204. The number of hydrogen-bond acceptors (Lipinski definition) is 2. The van der Waals surface area contributed by atoms with Gasteiger partial charge in [0.15, 0.2) is 0 Å². The number of carbonyl (C=O) groups excluding carboxylic acids is 1. The van der Waals surface area contributed by atoms with Gasteiger partial charge in [-0.15, -0.1) is 0 Å². The fraction of sp³-hybridized carbons (Fsp3) is 0.909. The van der Waals surface area contributed by atoms with Gasteiger partial charge in [-0.2, -0.15) is 0 Å². The molecule has 2 aliphatic heterocycles. The predicted molar refractivity (Wildman–Crippen MR) is 53.9 cm³/mol. The molecule has 1 N–H and O–H groups in total. The minimum Gasteiger partial charge on any atom is -0.376 e. The van der Waals surface area contributed by atoms with Crippen molar-refractivity contribution in [2.75, 3.05) is 6.61 Å². The zero-order valence-electron chi connectivity index (χ0n) is 9.22. The summed E-state index contributed by atoms with van der Waals surface area (Å²) < 4.78 is 5.70. The summed E-state index contributed by atoms with van der Waals surface area (Å²) in [6.07, 6.45) is 2.68. The summed E-state index contributed by atoms with van der Waals surface area (Å²) in [5.41, 5.74) is 0.0810. The van der Waals surface area contributed by atoms with Crippen molar-refractivity contribution >= 4 is 5.91 Å². The fourth-order valence-corrected chi connectivity index (χ4v) is 2.96. The number of carbonyl (C=O) groups is 1. The minimum absolute atomic E-state index is 0.0706. The molecule has 2 unspecified atom stereocenters. The highest BCUT2D eigenvalue weighted by molar-refractivity contribution is 5.79. The van der Waals surface area contributed by atoms with E-state index in [0.29, 0.717) is 12.5 Å². The highest BCUT2D eigenvalue weighted by atomic mass is 16.5. The van der Waals surface area contributed by atoms with Gasteiger partial charge in [-0.25, -0.2) is 0 Å². The van der Waals surface area contributed by atoms with Gasteiger partial charge in [0.2, 0.25) is 5.91 Å². The first kappa shape index (κ1) is 9.97. The van der Waals surface area contributed by atoms with Crippen LogP contribution in [0.4, 0.5) is 0 Å². The molecule has 2 fully saturated rings. The largest absolute Gasteiger partial charge is 0.376 e. The van der Waals surface area contributed by atoms with E-state index in [1.165, 1.54) is 0 Å². The molecular weight excluding hydrogens is 178 g/mol. The van der Waals surface area contributed by atoms with Gasteiger partial charge in [0.25, 0.3) is 0 Å². The molecule has 0 aliphatic carbocycles. The van der Waals surface area contributed by atoms with Crippen LogP contribution >= 0.6 is 0 Å². The maximum atomic E-state index is 11.4. The highest BCUT2D eigenvalue weighted by Crippen LogP contribution is 2.46. The molecule has 0 bridgehead atoms. The van der Waals surface area contributed by atoms with Crippen LogP contribution in [0.25, 0.3) is 0 Å². The third kappa shape index (κ3) is 1.54. The van der Waals surface area contributed by atoms with Crippen LogP contribution in [0.2, 0.25) is 0 Å². The number of rotatable bonds is 0. The Morgan fingerprint density at radius 1 is 1.50 bits per heavy atom. The molecule has 1 amide bonds. The molecular formula is C11H19NO2. The summed E-state index contributed by atoms with van der Waals surface area (Å²) in [7, 11) is 0. The highest BCUT2D eigenvalue weighted by Gasteiger charge is 2.49. The minimum atomic E-state index is -0.0706. The van der Waals surface area contributed by atoms with Crippen molar-refractivity contribution in [2.24, 2.45) is 5.41 Å². The lowest BCUT2D eigenvalue weighted by Crippen LogP contribution is -2.46. The van der Waals surface area contributed by atoms with Crippen molar-refractivity contribution in [2.45, 2.75) is 51.7 Å². The smallest absolute Gasteiger partial charge is 0.220 e. The van der Waals surface area contributed by atoms with Crippen LogP contribution in [-0.2, 0) is 9.53 Å². The number of ether oxygens (including phenoxy) is 1. The molecule has 0 radical (unpaired) electrons. The predicted octanol–water partition coefficient (Wildman–Crippen LogP) is 1.47. The van der Waals surface area contributed by atoms with E-state index < -0.39 is 0 Å². The van der Waals surface area contributed by atoms with Gasteiger partial charge >= 0.3 is 0 Å². The fourth-order valence-electron chi connectivity index (χ4n) is 2.96. The van der Waals surface area contributed by atoms with Crippen LogP contribution in [-0.4, -0.2) is 24.2 Å². The van der Waals surface area contributed by atoms with E-state index in [0.717, 1.165) is 19.4 Å². The summed E-state index contributed by atoms with van der Waals surface area (Å²) >= 11 is 0. The van der Waals surface area contributed by atoms with Crippen molar-refractivity contribution in [3.05, 3.63) is 0 Å². The standard InChI is InChI=1S/C11H19NO2/c1-8-11(6-9(13)12-8)4-5-14-10(2,3)7-11/h8H,4-7H2,1-3H3,(H,12,13). The number of nitrogens with one attached hydrogen (secondary N) is 1. The monoisotopic (exact) mass is 197 g/mol. The van der Waals surface area contributed by atoms with Crippen LogP contribution in [0, 0.1) is 5.41 Å². The van der Waals surface area contributed by atoms with Crippen molar-refractivity contribution in [3.8, 4) is 0 Å². The molecule has 14 heavy (non-hydrogen) atoms. The second-order valence-corrected chi connectivity index (χ2v) is 5.36. The topological polar surface area (TPSA) is 38.3 Å². The molecule has 3 nitrogen and oxygen atoms in total. The molecule has 0 aromatic carbocycles. The normalized spacial score (nSPS) is 41.4.